The summed E-state index contributed by atoms with van der Waals surface area (Å²) in [6, 6.07) is 11.1. The fourth-order valence-corrected chi connectivity index (χ4v) is 3.05. The summed E-state index contributed by atoms with van der Waals surface area (Å²) in [7, 11) is 1.35. The van der Waals surface area contributed by atoms with Crippen LogP contribution in [0.25, 0.3) is 0 Å². The van der Waals surface area contributed by atoms with Crippen molar-refractivity contribution in [2.24, 2.45) is 0 Å². The molecule has 3 N–H and O–H groups in total. The molecule has 128 valence electrons. The molecule has 3 rings (SSSR count). The molecule has 1 aliphatic rings. The second-order valence-corrected chi connectivity index (χ2v) is 5.92. The second-order valence-electron chi connectivity index (χ2n) is 5.92. The SMILES string of the molecule is CO[C@@H]1c2oc(CCc3ccccc3)cc(=O)c2[C@H](O)[C@@H](O)[C@@H]1O. The first kappa shape index (κ1) is 16.9. The molecule has 0 spiro atoms. The highest BCUT2D eigenvalue weighted by molar-refractivity contribution is 5.30. The van der Waals surface area contributed by atoms with Gasteiger partial charge in [0.25, 0.3) is 0 Å². The van der Waals surface area contributed by atoms with E-state index >= 15 is 0 Å². The monoisotopic (exact) mass is 332 g/mol. The maximum absolute atomic E-state index is 12.4. The Morgan fingerprint density at radius 1 is 1.08 bits per heavy atom. The van der Waals surface area contributed by atoms with Crippen LogP contribution in [-0.4, -0.2) is 34.6 Å². The number of aryl methyl sites for hydroxylation is 2. The van der Waals surface area contributed by atoms with Crippen LogP contribution in [0.4, 0.5) is 0 Å². The van der Waals surface area contributed by atoms with Gasteiger partial charge in [0.15, 0.2) is 5.43 Å². The summed E-state index contributed by atoms with van der Waals surface area (Å²) >= 11 is 0. The van der Waals surface area contributed by atoms with Gasteiger partial charge in [-0.15, -0.1) is 0 Å². The highest BCUT2D eigenvalue weighted by atomic mass is 16.5. The molecular formula is C18H20O6. The Kier molecular flexibility index (Phi) is 4.82. The van der Waals surface area contributed by atoms with Crippen LogP contribution in [0.15, 0.2) is 45.6 Å². The number of fused-ring (bicyclic) bond motifs is 1. The molecule has 0 aliphatic heterocycles. The lowest BCUT2D eigenvalue weighted by molar-refractivity contribution is -0.138. The van der Waals surface area contributed by atoms with E-state index in [1.54, 1.807) is 0 Å². The number of rotatable bonds is 4. The van der Waals surface area contributed by atoms with E-state index in [1.807, 2.05) is 30.3 Å². The molecule has 4 atom stereocenters. The van der Waals surface area contributed by atoms with Gasteiger partial charge in [0, 0.05) is 19.6 Å². The van der Waals surface area contributed by atoms with Crippen LogP contribution < -0.4 is 5.43 Å². The molecule has 0 radical (unpaired) electrons. The number of aliphatic hydroxyl groups excluding tert-OH is 3. The lowest BCUT2D eigenvalue weighted by Gasteiger charge is -2.34. The molecule has 0 bridgehead atoms. The van der Waals surface area contributed by atoms with E-state index in [-0.39, 0.29) is 11.3 Å². The van der Waals surface area contributed by atoms with Crippen molar-refractivity contribution < 1.29 is 24.5 Å². The fourth-order valence-electron chi connectivity index (χ4n) is 3.05. The number of benzene rings is 1. The average molecular weight is 332 g/mol. The zero-order chi connectivity index (χ0) is 17.3. The van der Waals surface area contributed by atoms with Gasteiger partial charge in [-0.3, -0.25) is 4.79 Å². The lowest BCUT2D eigenvalue weighted by Crippen LogP contribution is -2.44. The van der Waals surface area contributed by atoms with Crippen molar-refractivity contribution >= 4 is 0 Å². The normalized spacial score (nSPS) is 26.2. The van der Waals surface area contributed by atoms with Crippen molar-refractivity contribution in [1.82, 2.24) is 0 Å². The summed E-state index contributed by atoms with van der Waals surface area (Å²) in [5.41, 5.74) is 0.625. The first-order valence-corrected chi connectivity index (χ1v) is 7.80. The molecule has 2 aromatic rings. The molecule has 0 fully saturated rings. The number of methoxy groups -OCH3 is 1. The van der Waals surface area contributed by atoms with E-state index in [9.17, 15) is 20.1 Å². The minimum absolute atomic E-state index is 0.0527. The van der Waals surface area contributed by atoms with Crippen molar-refractivity contribution in [2.75, 3.05) is 7.11 Å². The minimum atomic E-state index is -1.50. The number of ether oxygens (including phenoxy) is 1. The first-order valence-electron chi connectivity index (χ1n) is 7.80. The van der Waals surface area contributed by atoms with Gasteiger partial charge in [-0.1, -0.05) is 30.3 Å². The standard InChI is InChI=1S/C18H20O6/c1-23-18-16(22)15(21)14(20)13-12(19)9-11(24-17(13)18)8-7-10-5-3-2-4-6-10/h2-6,9,14-16,18,20-22H,7-8H2,1H3/t14-,15+,16-,18-/m0/s1. The van der Waals surface area contributed by atoms with Crippen molar-refractivity contribution in [3.8, 4) is 0 Å². The Morgan fingerprint density at radius 3 is 2.46 bits per heavy atom. The summed E-state index contributed by atoms with van der Waals surface area (Å²) in [5, 5.41) is 30.0. The van der Waals surface area contributed by atoms with Crippen LogP contribution >= 0.6 is 0 Å². The average Bonchev–Trinajstić information content (AvgIpc) is 2.59. The number of hydrogen-bond donors (Lipinski definition) is 3. The van der Waals surface area contributed by atoms with Gasteiger partial charge in [0.1, 0.15) is 35.9 Å². The third kappa shape index (κ3) is 3.01. The summed E-state index contributed by atoms with van der Waals surface area (Å²) in [6.45, 7) is 0. The maximum Gasteiger partial charge on any atom is 0.191 e. The summed E-state index contributed by atoms with van der Waals surface area (Å²) in [6.07, 6.45) is -4.18. The molecule has 1 aromatic heterocycles. The zero-order valence-corrected chi connectivity index (χ0v) is 13.3. The predicted molar refractivity (Wildman–Crippen MR) is 85.6 cm³/mol. The van der Waals surface area contributed by atoms with Crippen LogP contribution in [0, 0.1) is 0 Å². The van der Waals surface area contributed by atoms with Crippen molar-refractivity contribution in [2.45, 2.75) is 37.3 Å². The Hall–Kier alpha value is -1.99. The van der Waals surface area contributed by atoms with Crippen molar-refractivity contribution in [3.63, 3.8) is 0 Å². The molecule has 1 aliphatic carbocycles. The second kappa shape index (κ2) is 6.86. The molecule has 24 heavy (non-hydrogen) atoms. The van der Waals surface area contributed by atoms with Gasteiger partial charge in [0.05, 0.1) is 5.56 Å². The lowest BCUT2D eigenvalue weighted by atomic mass is 9.87. The van der Waals surface area contributed by atoms with Crippen LogP contribution in [-0.2, 0) is 17.6 Å². The highest BCUT2D eigenvalue weighted by Crippen LogP contribution is 2.37. The van der Waals surface area contributed by atoms with Crippen molar-refractivity contribution in [1.29, 1.82) is 0 Å². The molecule has 6 heteroatoms. The largest absolute Gasteiger partial charge is 0.463 e. The third-order valence-corrected chi connectivity index (χ3v) is 4.36. The van der Waals surface area contributed by atoms with E-state index in [0.717, 1.165) is 5.56 Å². The Bertz CT molecular complexity index is 754. The zero-order valence-electron chi connectivity index (χ0n) is 13.3. The van der Waals surface area contributed by atoms with Crippen LogP contribution in [0.1, 0.15) is 34.9 Å². The Balaban J connectivity index is 1.93. The Labute approximate surface area is 138 Å². The predicted octanol–water partition coefficient (Wildman–Crippen LogP) is 0.881. The summed E-state index contributed by atoms with van der Waals surface area (Å²) < 4.78 is 10.9. The molecule has 0 amide bonds. The maximum atomic E-state index is 12.4. The summed E-state index contributed by atoms with van der Waals surface area (Å²) in [4.78, 5) is 12.4. The molecule has 0 unspecified atom stereocenters. The van der Waals surface area contributed by atoms with Gasteiger partial charge in [-0.05, 0) is 12.0 Å². The van der Waals surface area contributed by atoms with Crippen LogP contribution in [0.5, 0.6) is 0 Å². The third-order valence-electron chi connectivity index (χ3n) is 4.36. The van der Waals surface area contributed by atoms with E-state index in [1.165, 1.54) is 13.2 Å². The smallest absolute Gasteiger partial charge is 0.191 e. The molecule has 0 saturated heterocycles. The number of hydrogen-bond acceptors (Lipinski definition) is 6. The molecule has 1 heterocycles. The minimum Gasteiger partial charge on any atom is -0.463 e. The molecule has 6 nitrogen and oxygen atoms in total. The quantitative estimate of drug-likeness (QED) is 0.768. The van der Waals surface area contributed by atoms with E-state index in [0.29, 0.717) is 18.6 Å². The van der Waals surface area contributed by atoms with Gasteiger partial charge in [-0.2, -0.15) is 0 Å². The topological polar surface area (TPSA) is 100 Å². The fraction of sp³-hybridized carbons (Fsp3) is 0.389. The molecule has 0 saturated carbocycles. The van der Waals surface area contributed by atoms with Gasteiger partial charge in [-0.25, -0.2) is 0 Å². The molecule has 1 aromatic carbocycles. The van der Waals surface area contributed by atoms with Crippen LogP contribution in [0.2, 0.25) is 0 Å². The van der Waals surface area contributed by atoms with E-state index in [2.05, 4.69) is 0 Å². The first-order chi connectivity index (χ1) is 11.5. The van der Waals surface area contributed by atoms with Gasteiger partial charge in [0.2, 0.25) is 0 Å². The number of aliphatic hydroxyl groups is 3. The van der Waals surface area contributed by atoms with E-state index in [4.69, 9.17) is 9.15 Å². The summed E-state index contributed by atoms with van der Waals surface area (Å²) in [5.74, 6) is 0.527. The van der Waals surface area contributed by atoms with Gasteiger partial charge >= 0.3 is 0 Å². The van der Waals surface area contributed by atoms with Gasteiger partial charge < -0.3 is 24.5 Å². The van der Waals surface area contributed by atoms with Crippen molar-refractivity contribution in [3.05, 3.63) is 69.3 Å². The van der Waals surface area contributed by atoms with Crippen LogP contribution in [0.3, 0.4) is 0 Å². The highest BCUT2D eigenvalue weighted by Gasteiger charge is 2.44. The van der Waals surface area contributed by atoms with E-state index < -0.39 is 29.8 Å². The molecular weight excluding hydrogens is 312 g/mol. The Morgan fingerprint density at radius 2 is 1.79 bits per heavy atom.